The van der Waals surface area contributed by atoms with Crippen molar-refractivity contribution in [3.63, 3.8) is 0 Å². The number of aromatic nitrogens is 1. The Hall–Kier alpha value is -3.25. The van der Waals surface area contributed by atoms with Crippen LogP contribution in [0.2, 0.25) is 0 Å². The molecule has 0 atom stereocenters. The van der Waals surface area contributed by atoms with Gasteiger partial charge in [-0.25, -0.2) is 4.79 Å². The second kappa shape index (κ2) is 10.1. The van der Waals surface area contributed by atoms with Crippen molar-refractivity contribution in [1.82, 2.24) is 9.47 Å². The Morgan fingerprint density at radius 3 is 2.27 bits per heavy atom. The summed E-state index contributed by atoms with van der Waals surface area (Å²) in [4.78, 5) is 14.4. The summed E-state index contributed by atoms with van der Waals surface area (Å²) in [6.45, 7) is 5.83. The molecule has 4 rings (SSSR count). The number of halogens is 1. The van der Waals surface area contributed by atoms with Gasteiger partial charge in [-0.2, -0.15) is 0 Å². The minimum atomic E-state index is -0.344. The van der Waals surface area contributed by atoms with Gasteiger partial charge in [0.15, 0.2) is 0 Å². The molecule has 0 aliphatic heterocycles. The van der Waals surface area contributed by atoms with Crippen LogP contribution in [-0.2, 0) is 6.54 Å². The van der Waals surface area contributed by atoms with Crippen LogP contribution in [0.15, 0.2) is 77.4 Å². The van der Waals surface area contributed by atoms with Crippen LogP contribution >= 0.6 is 15.9 Å². The number of ether oxygens (including phenoxy) is 2. The number of carbonyl (C=O) groups excluding carboxylic acids is 1. The molecule has 5 nitrogen and oxygen atoms in total. The van der Waals surface area contributed by atoms with Crippen LogP contribution in [0.4, 0.5) is 4.79 Å². The van der Waals surface area contributed by atoms with Crippen LogP contribution in [0.5, 0.6) is 11.5 Å². The lowest BCUT2D eigenvalue weighted by Crippen LogP contribution is -2.33. The van der Waals surface area contributed by atoms with Crippen molar-refractivity contribution in [1.29, 1.82) is 0 Å². The van der Waals surface area contributed by atoms with E-state index in [0.29, 0.717) is 18.8 Å². The molecule has 0 radical (unpaired) electrons. The van der Waals surface area contributed by atoms with Crippen LogP contribution in [-0.4, -0.2) is 35.8 Å². The van der Waals surface area contributed by atoms with Crippen molar-refractivity contribution in [3.8, 4) is 22.6 Å². The van der Waals surface area contributed by atoms with E-state index in [0.717, 1.165) is 38.8 Å². The van der Waals surface area contributed by atoms with Gasteiger partial charge in [-0.05, 0) is 67.4 Å². The molecular formula is C27H27BrN2O3. The second-order valence-corrected chi connectivity index (χ2v) is 8.63. The van der Waals surface area contributed by atoms with Crippen molar-refractivity contribution >= 4 is 32.9 Å². The standard InChI is InChI=1S/C27H27BrN2O3/c1-4-29(5-2)27(31)33-25-15-14-24-23(26(25)20-8-12-22(32-3)13-9-20)16-17-30(24)18-19-6-10-21(28)11-7-19/h6-17H,4-5,18H2,1-3H3. The first kappa shape index (κ1) is 22.9. The van der Waals surface area contributed by atoms with E-state index in [9.17, 15) is 4.79 Å². The molecule has 4 aromatic rings. The van der Waals surface area contributed by atoms with E-state index in [1.54, 1.807) is 12.0 Å². The third kappa shape index (κ3) is 4.91. The Morgan fingerprint density at radius 1 is 0.939 bits per heavy atom. The number of rotatable bonds is 7. The van der Waals surface area contributed by atoms with Gasteiger partial charge in [0.2, 0.25) is 0 Å². The lowest BCUT2D eigenvalue weighted by Gasteiger charge is -2.20. The van der Waals surface area contributed by atoms with Gasteiger partial charge in [-0.3, -0.25) is 0 Å². The number of benzene rings is 3. The Labute approximate surface area is 202 Å². The van der Waals surface area contributed by atoms with Crippen molar-refractivity contribution in [2.45, 2.75) is 20.4 Å². The molecule has 0 fully saturated rings. The molecule has 0 spiro atoms. The van der Waals surface area contributed by atoms with E-state index in [1.165, 1.54) is 5.56 Å². The third-order valence-electron chi connectivity index (χ3n) is 5.78. The molecule has 0 saturated carbocycles. The third-order valence-corrected chi connectivity index (χ3v) is 6.31. The minimum absolute atomic E-state index is 0.344. The minimum Gasteiger partial charge on any atom is -0.497 e. The van der Waals surface area contributed by atoms with Crippen molar-refractivity contribution in [2.24, 2.45) is 0 Å². The zero-order valence-electron chi connectivity index (χ0n) is 19.0. The Kier molecular flexibility index (Phi) is 7.04. The summed E-state index contributed by atoms with van der Waals surface area (Å²) in [7, 11) is 1.65. The summed E-state index contributed by atoms with van der Waals surface area (Å²) in [6, 6.07) is 22.1. The van der Waals surface area contributed by atoms with E-state index >= 15 is 0 Å². The van der Waals surface area contributed by atoms with Gasteiger partial charge in [0, 0.05) is 46.8 Å². The molecule has 1 amide bonds. The molecule has 0 unspecified atom stereocenters. The lowest BCUT2D eigenvalue weighted by atomic mass is 10.0. The first-order valence-corrected chi connectivity index (χ1v) is 11.8. The highest BCUT2D eigenvalue weighted by atomic mass is 79.9. The van der Waals surface area contributed by atoms with Gasteiger partial charge in [-0.1, -0.05) is 40.2 Å². The van der Waals surface area contributed by atoms with Crippen LogP contribution < -0.4 is 9.47 Å². The number of hydrogen-bond acceptors (Lipinski definition) is 3. The molecule has 0 saturated heterocycles. The maximum absolute atomic E-state index is 12.7. The summed E-state index contributed by atoms with van der Waals surface area (Å²) in [5.74, 6) is 1.33. The molecule has 1 heterocycles. The van der Waals surface area contributed by atoms with Crippen molar-refractivity contribution in [3.05, 3.63) is 83.0 Å². The predicted octanol–water partition coefficient (Wildman–Crippen LogP) is 6.97. The summed E-state index contributed by atoms with van der Waals surface area (Å²) < 4.78 is 14.5. The molecule has 0 aliphatic carbocycles. The fourth-order valence-corrected chi connectivity index (χ4v) is 4.22. The maximum Gasteiger partial charge on any atom is 0.415 e. The zero-order chi connectivity index (χ0) is 23.4. The normalized spacial score (nSPS) is 10.9. The topological polar surface area (TPSA) is 43.7 Å². The number of carbonyl (C=O) groups is 1. The van der Waals surface area contributed by atoms with Gasteiger partial charge in [0.25, 0.3) is 0 Å². The largest absolute Gasteiger partial charge is 0.497 e. The van der Waals surface area contributed by atoms with Gasteiger partial charge in [0.1, 0.15) is 11.5 Å². The van der Waals surface area contributed by atoms with Crippen LogP contribution in [0, 0.1) is 0 Å². The van der Waals surface area contributed by atoms with E-state index in [-0.39, 0.29) is 6.09 Å². The number of amides is 1. The zero-order valence-corrected chi connectivity index (χ0v) is 20.6. The first-order valence-electron chi connectivity index (χ1n) is 11.0. The van der Waals surface area contributed by atoms with E-state index in [4.69, 9.17) is 9.47 Å². The number of fused-ring (bicyclic) bond motifs is 1. The molecule has 0 aliphatic rings. The van der Waals surface area contributed by atoms with Crippen LogP contribution in [0.3, 0.4) is 0 Å². The van der Waals surface area contributed by atoms with Crippen LogP contribution in [0.25, 0.3) is 22.0 Å². The van der Waals surface area contributed by atoms with Crippen molar-refractivity contribution < 1.29 is 14.3 Å². The lowest BCUT2D eigenvalue weighted by molar-refractivity contribution is 0.157. The molecule has 1 aromatic heterocycles. The van der Waals surface area contributed by atoms with E-state index in [2.05, 4.69) is 57.0 Å². The Morgan fingerprint density at radius 2 is 1.64 bits per heavy atom. The smallest absolute Gasteiger partial charge is 0.415 e. The average molecular weight is 507 g/mol. The average Bonchev–Trinajstić information content (AvgIpc) is 3.24. The molecular weight excluding hydrogens is 480 g/mol. The number of nitrogens with zero attached hydrogens (tertiary/aromatic N) is 2. The fraction of sp³-hybridized carbons (Fsp3) is 0.222. The van der Waals surface area contributed by atoms with Gasteiger partial charge in [0.05, 0.1) is 7.11 Å². The van der Waals surface area contributed by atoms with Gasteiger partial charge in [-0.15, -0.1) is 0 Å². The summed E-state index contributed by atoms with van der Waals surface area (Å²) in [5, 5.41) is 1.03. The molecule has 6 heteroatoms. The second-order valence-electron chi connectivity index (χ2n) is 7.71. The highest BCUT2D eigenvalue weighted by molar-refractivity contribution is 9.10. The van der Waals surface area contributed by atoms with Gasteiger partial charge < -0.3 is 18.9 Å². The molecule has 170 valence electrons. The monoisotopic (exact) mass is 506 g/mol. The predicted molar refractivity (Wildman–Crippen MR) is 136 cm³/mol. The maximum atomic E-state index is 12.7. The van der Waals surface area contributed by atoms with Gasteiger partial charge >= 0.3 is 6.09 Å². The summed E-state index contributed by atoms with van der Waals surface area (Å²) >= 11 is 3.50. The van der Waals surface area contributed by atoms with E-state index in [1.807, 2.05) is 50.2 Å². The molecule has 3 aromatic carbocycles. The van der Waals surface area contributed by atoms with Crippen LogP contribution in [0.1, 0.15) is 19.4 Å². The summed E-state index contributed by atoms with van der Waals surface area (Å²) in [5.41, 5.74) is 4.14. The Bertz CT molecular complexity index is 1240. The highest BCUT2D eigenvalue weighted by Gasteiger charge is 2.19. The SMILES string of the molecule is CCN(CC)C(=O)Oc1ccc2c(ccn2Cc2ccc(Br)cc2)c1-c1ccc(OC)cc1. The molecule has 0 N–H and O–H groups in total. The fourth-order valence-electron chi connectivity index (χ4n) is 3.96. The highest BCUT2D eigenvalue weighted by Crippen LogP contribution is 2.39. The summed E-state index contributed by atoms with van der Waals surface area (Å²) in [6.07, 6.45) is 1.74. The van der Waals surface area contributed by atoms with E-state index < -0.39 is 0 Å². The molecule has 33 heavy (non-hydrogen) atoms. The van der Waals surface area contributed by atoms with Crippen molar-refractivity contribution in [2.75, 3.05) is 20.2 Å². The quantitative estimate of drug-likeness (QED) is 0.271. The Balaban J connectivity index is 1.79. The molecule has 0 bridgehead atoms. The number of hydrogen-bond donors (Lipinski definition) is 0. The number of methoxy groups -OCH3 is 1. The first-order chi connectivity index (χ1) is 16.0.